The molecule has 2 rings (SSSR count). The van der Waals surface area contributed by atoms with Crippen LogP contribution in [-0.4, -0.2) is 30.4 Å². The Balaban J connectivity index is 2.04. The molecule has 1 aliphatic heterocycles. The molecule has 0 atom stereocenters. The Kier molecular flexibility index (Phi) is 4.50. The van der Waals surface area contributed by atoms with E-state index < -0.39 is 5.60 Å². The third kappa shape index (κ3) is 3.97. The first-order chi connectivity index (χ1) is 9.91. The molecule has 0 fully saturated rings. The molecule has 1 aromatic rings. The molecule has 0 saturated carbocycles. The predicted octanol–water partition coefficient (Wildman–Crippen LogP) is 2.34. The summed E-state index contributed by atoms with van der Waals surface area (Å²) in [4.78, 5) is 23.5. The lowest BCUT2D eigenvalue weighted by atomic mass is 9.93. The number of rotatable bonds is 5. The summed E-state index contributed by atoms with van der Waals surface area (Å²) in [5, 5.41) is 2.74. The number of benzene rings is 1. The van der Waals surface area contributed by atoms with Crippen LogP contribution in [0.3, 0.4) is 0 Å². The van der Waals surface area contributed by atoms with Crippen molar-refractivity contribution in [3.05, 3.63) is 23.8 Å². The summed E-state index contributed by atoms with van der Waals surface area (Å²) in [5.74, 6) is 0.939. The normalized spacial score (nSPS) is 15.9. The Morgan fingerprint density at radius 3 is 2.90 bits per heavy atom. The van der Waals surface area contributed by atoms with E-state index in [1.165, 1.54) is 0 Å². The van der Waals surface area contributed by atoms with Crippen molar-refractivity contribution >= 4 is 11.7 Å². The monoisotopic (exact) mass is 291 g/mol. The minimum atomic E-state index is -0.513. The largest absolute Gasteiger partial charge is 0.486 e. The van der Waals surface area contributed by atoms with E-state index in [0.29, 0.717) is 30.0 Å². The van der Waals surface area contributed by atoms with Crippen LogP contribution in [-0.2, 0) is 4.79 Å². The van der Waals surface area contributed by atoms with Gasteiger partial charge in [0.25, 0.3) is 5.91 Å². The number of carbonyl (C=O) groups excluding carboxylic acids is 2. The van der Waals surface area contributed by atoms with Gasteiger partial charge in [-0.25, -0.2) is 0 Å². The summed E-state index contributed by atoms with van der Waals surface area (Å²) in [6, 6.07) is 5.04. The second-order valence-electron chi connectivity index (χ2n) is 5.76. The molecule has 1 aromatic carbocycles. The topological polar surface area (TPSA) is 64.6 Å². The summed E-state index contributed by atoms with van der Waals surface area (Å²) in [6.07, 6.45) is 1.25. The number of Topliss-reactive ketones (excluding diaryl/α,β-unsaturated/α-hetero) is 1. The van der Waals surface area contributed by atoms with Gasteiger partial charge in [-0.2, -0.15) is 0 Å². The summed E-state index contributed by atoms with van der Waals surface area (Å²) in [5.41, 5.74) is 0.0541. The number of nitrogens with one attached hydrogen (secondary N) is 1. The zero-order chi connectivity index (χ0) is 15.5. The molecule has 0 unspecified atom stereocenters. The lowest BCUT2D eigenvalue weighted by Crippen LogP contribution is -2.35. The zero-order valence-corrected chi connectivity index (χ0v) is 12.7. The smallest absolute Gasteiger partial charge is 0.257 e. The number of hydrogen-bond acceptors (Lipinski definition) is 4. The Labute approximate surface area is 124 Å². The molecule has 0 spiro atoms. The van der Waals surface area contributed by atoms with Gasteiger partial charge in [0.2, 0.25) is 0 Å². The summed E-state index contributed by atoms with van der Waals surface area (Å²) in [7, 11) is 0. The number of fused-ring (bicyclic) bond motifs is 1. The standard InChI is InChI=1S/C16H21NO4/c1-4-7-17-15(19)10-20-11-5-6-12-13(18)9-16(2,3)21-14(12)8-11/h5-6,8H,4,7,9-10H2,1-3H3,(H,17,19). The fourth-order valence-electron chi connectivity index (χ4n) is 2.19. The third-order valence-corrected chi connectivity index (χ3v) is 3.17. The summed E-state index contributed by atoms with van der Waals surface area (Å²) < 4.78 is 11.2. The second kappa shape index (κ2) is 6.16. The minimum absolute atomic E-state index is 0.0455. The van der Waals surface area contributed by atoms with Crippen LogP contribution in [0.1, 0.15) is 44.0 Å². The molecule has 0 aromatic heterocycles. The summed E-state index contributed by atoms with van der Waals surface area (Å²) in [6.45, 7) is 6.33. The van der Waals surface area contributed by atoms with Crippen LogP contribution in [0.5, 0.6) is 11.5 Å². The molecule has 5 heteroatoms. The number of ether oxygens (including phenoxy) is 2. The molecule has 1 amide bonds. The quantitative estimate of drug-likeness (QED) is 0.904. The van der Waals surface area contributed by atoms with Crippen molar-refractivity contribution in [2.24, 2.45) is 0 Å². The number of amides is 1. The van der Waals surface area contributed by atoms with Crippen molar-refractivity contribution in [2.75, 3.05) is 13.2 Å². The van der Waals surface area contributed by atoms with Gasteiger partial charge < -0.3 is 14.8 Å². The molecular weight excluding hydrogens is 270 g/mol. The molecule has 114 valence electrons. The Morgan fingerprint density at radius 1 is 1.43 bits per heavy atom. The van der Waals surface area contributed by atoms with Gasteiger partial charge in [0, 0.05) is 12.6 Å². The van der Waals surface area contributed by atoms with Crippen molar-refractivity contribution in [3.8, 4) is 11.5 Å². The first kappa shape index (κ1) is 15.4. The van der Waals surface area contributed by atoms with Crippen molar-refractivity contribution in [1.82, 2.24) is 5.32 Å². The molecule has 0 saturated heterocycles. The Bertz CT molecular complexity index is 551. The molecular formula is C16H21NO4. The highest BCUT2D eigenvalue weighted by molar-refractivity contribution is 6.00. The molecule has 0 aliphatic carbocycles. The van der Waals surface area contributed by atoms with Crippen molar-refractivity contribution in [3.63, 3.8) is 0 Å². The maximum Gasteiger partial charge on any atom is 0.257 e. The van der Waals surface area contributed by atoms with Gasteiger partial charge >= 0.3 is 0 Å². The molecule has 1 aliphatic rings. The Hall–Kier alpha value is -2.04. The van der Waals surface area contributed by atoms with E-state index in [9.17, 15) is 9.59 Å². The number of ketones is 1. The van der Waals surface area contributed by atoms with Gasteiger partial charge in [-0.15, -0.1) is 0 Å². The molecule has 0 bridgehead atoms. The molecule has 5 nitrogen and oxygen atoms in total. The van der Waals surface area contributed by atoms with E-state index in [1.54, 1.807) is 18.2 Å². The maximum atomic E-state index is 12.0. The van der Waals surface area contributed by atoms with Gasteiger partial charge in [-0.1, -0.05) is 6.92 Å². The number of hydrogen-bond donors (Lipinski definition) is 1. The lowest BCUT2D eigenvalue weighted by molar-refractivity contribution is -0.123. The predicted molar refractivity (Wildman–Crippen MR) is 78.9 cm³/mol. The van der Waals surface area contributed by atoms with Crippen LogP contribution in [0.4, 0.5) is 0 Å². The zero-order valence-electron chi connectivity index (χ0n) is 12.7. The highest BCUT2D eigenvalue weighted by atomic mass is 16.5. The second-order valence-corrected chi connectivity index (χ2v) is 5.76. The number of carbonyl (C=O) groups is 2. The molecule has 1 N–H and O–H groups in total. The van der Waals surface area contributed by atoms with Crippen molar-refractivity contribution in [1.29, 1.82) is 0 Å². The van der Waals surface area contributed by atoms with Crippen LogP contribution >= 0.6 is 0 Å². The third-order valence-electron chi connectivity index (χ3n) is 3.17. The van der Waals surface area contributed by atoms with E-state index in [-0.39, 0.29) is 18.3 Å². The van der Waals surface area contributed by atoms with Crippen LogP contribution in [0.15, 0.2) is 18.2 Å². The lowest BCUT2D eigenvalue weighted by Gasteiger charge is -2.31. The van der Waals surface area contributed by atoms with Crippen molar-refractivity contribution in [2.45, 2.75) is 39.2 Å². The fourth-order valence-corrected chi connectivity index (χ4v) is 2.19. The first-order valence-corrected chi connectivity index (χ1v) is 7.17. The van der Waals surface area contributed by atoms with Gasteiger partial charge in [0.15, 0.2) is 12.4 Å². The van der Waals surface area contributed by atoms with E-state index in [0.717, 1.165) is 6.42 Å². The van der Waals surface area contributed by atoms with Gasteiger partial charge in [0.05, 0.1) is 12.0 Å². The van der Waals surface area contributed by atoms with Gasteiger partial charge in [-0.3, -0.25) is 9.59 Å². The molecule has 0 radical (unpaired) electrons. The fraction of sp³-hybridized carbons (Fsp3) is 0.500. The average Bonchev–Trinajstić information content (AvgIpc) is 2.41. The highest BCUT2D eigenvalue weighted by Crippen LogP contribution is 2.35. The van der Waals surface area contributed by atoms with E-state index in [2.05, 4.69) is 5.32 Å². The van der Waals surface area contributed by atoms with Crippen LogP contribution in [0.25, 0.3) is 0 Å². The van der Waals surface area contributed by atoms with Gasteiger partial charge in [-0.05, 0) is 32.4 Å². The first-order valence-electron chi connectivity index (χ1n) is 7.17. The average molecular weight is 291 g/mol. The molecule has 21 heavy (non-hydrogen) atoms. The van der Waals surface area contributed by atoms with Crippen molar-refractivity contribution < 1.29 is 19.1 Å². The SMILES string of the molecule is CCCNC(=O)COc1ccc2c(c1)OC(C)(C)CC2=O. The van der Waals surface area contributed by atoms with E-state index >= 15 is 0 Å². The highest BCUT2D eigenvalue weighted by Gasteiger charge is 2.32. The van der Waals surface area contributed by atoms with Crippen LogP contribution in [0, 0.1) is 0 Å². The Morgan fingerprint density at radius 2 is 2.19 bits per heavy atom. The van der Waals surface area contributed by atoms with Crippen LogP contribution in [0.2, 0.25) is 0 Å². The van der Waals surface area contributed by atoms with Crippen LogP contribution < -0.4 is 14.8 Å². The van der Waals surface area contributed by atoms with E-state index in [4.69, 9.17) is 9.47 Å². The van der Waals surface area contributed by atoms with E-state index in [1.807, 2.05) is 20.8 Å². The maximum absolute atomic E-state index is 12.0. The summed E-state index contributed by atoms with van der Waals surface area (Å²) >= 11 is 0. The molecule has 1 heterocycles. The van der Waals surface area contributed by atoms with Gasteiger partial charge in [0.1, 0.15) is 17.1 Å². The minimum Gasteiger partial charge on any atom is -0.486 e.